The van der Waals surface area contributed by atoms with Gasteiger partial charge in [-0.1, -0.05) is 0 Å². The normalized spacial score (nSPS) is 11.9. The molecule has 2 aromatic rings. The van der Waals surface area contributed by atoms with E-state index >= 15 is 0 Å². The molecule has 7 heteroatoms. The molecular weight excluding hydrogens is 268 g/mol. The summed E-state index contributed by atoms with van der Waals surface area (Å²) in [4.78, 5) is 13.5. The van der Waals surface area contributed by atoms with Gasteiger partial charge in [-0.15, -0.1) is 0 Å². The summed E-state index contributed by atoms with van der Waals surface area (Å²) < 4.78 is 27.5. The minimum atomic E-state index is -1.00. The lowest BCUT2D eigenvalue weighted by molar-refractivity contribution is -0.385. The van der Waals surface area contributed by atoms with Gasteiger partial charge in [-0.2, -0.15) is 0 Å². The molecule has 0 aliphatic rings. The highest BCUT2D eigenvalue weighted by atomic mass is 19.1. The Labute approximate surface area is 113 Å². The monoisotopic (exact) mass is 279 g/mol. The maximum Gasteiger partial charge on any atom is 0.275 e. The molecule has 0 saturated heterocycles. The van der Waals surface area contributed by atoms with E-state index in [2.05, 4.69) is 10.3 Å². The molecule has 0 aliphatic heterocycles. The van der Waals surface area contributed by atoms with E-state index in [-0.39, 0.29) is 11.7 Å². The summed E-state index contributed by atoms with van der Waals surface area (Å²) in [5.41, 5.74) is -0.223. The largest absolute Gasteiger partial charge is 0.374 e. The highest BCUT2D eigenvalue weighted by Gasteiger charge is 2.18. The average Bonchev–Trinajstić information content (AvgIpc) is 2.43. The fourth-order valence-corrected chi connectivity index (χ4v) is 1.76. The van der Waals surface area contributed by atoms with E-state index in [1.165, 1.54) is 0 Å². The number of anilines is 1. The van der Waals surface area contributed by atoms with Crippen molar-refractivity contribution in [2.24, 2.45) is 0 Å². The molecule has 1 unspecified atom stereocenters. The number of halogens is 2. The smallest absolute Gasteiger partial charge is 0.275 e. The van der Waals surface area contributed by atoms with Gasteiger partial charge in [-0.05, 0) is 24.6 Å². The molecule has 104 valence electrons. The summed E-state index contributed by atoms with van der Waals surface area (Å²) in [6.07, 6.45) is 3.13. The van der Waals surface area contributed by atoms with Crippen molar-refractivity contribution in [2.75, 3.05) is 5.32 Å². The van der Waals surface area contributed by atoms with Gasteiger partial charge in [0.1, 0.15) is 5.69 Å². The van der Waals surface area contributed by atoms with Crippen molar-refractivity contribution >= 4 is 11.4 Å². The number of nitrogens with zero attached hydrogens (tertiary/aromatic N) is 2. The third-order valence-corrected chi connectivity index (χ3v) is 2.80. The predicted molar refractivity (Wildman–Crippen MR) is 69.3 cm³/mol. The van der Waals surface area contributed by atoms with Gasteiger partial charge >= 0.3 is 0 Å². The van der Waals surface area contributed by atoms with Crippen LogP contribution in [0.25, 0.3) is 0 Å². The number of non-ortho nitro benzene ring substituents is 1. The Morgan fingerprint density at radius 2 is 1.80 bits per heavy atom. The van der Waals surface area contributed by atoms with Crippen molar-refractivity contribution in [1.82, 2.24) is 4.98 Å². The number of aromatic nitrogens is 1. The Bertz CT molecular complexity index is 612. The second-order valence-electron chi connectivity index (χ2n) is 4.19. The standard InChI is InChI=1S/C13H11F2N3O2/c1-8(9-2-4-16-5-3-9)17-13-11(14)6-10(18(19)20)7-12(13)15/h2-8,17H,1H3. The number of pyridine rings is 1. The summed E-state index contributed by atoms with van der Waals surface area (Å²) in [6.45, 7) is 1.72. The first-order chi connectivity index (χ1) is 9.49. The maximum absolute atomic E-state index is 13.7. The minimum Gasteiger partial charge on any atom is -0.374 e. The molecule has 0 radical (unpaired) electrons. The quantitative estimate of drug-likeness (QED) is 0.687. The van der Waals surface area contributed by atoms with Crippen LogP contribution < -0.4 is 5.32 Å². The lowest BCUT2D eigenvalue weighted by Crippen LogP contribution is -2.10. The number of benzene rings is 1. The maximum atomic E-state index is 13.7. The van der Waals surface area contributed by atoms with Crippen LogP contribution in [0.3, 0.4) is 0 Å². The third-order valence-electron chi connectivity index (χ3n) is 2.80. The van der Waals surface area contributed by atoms with Crippen LogP contribution in [-0.4, -0.2) is 9.91 Å². The second-order valence-corrected chi connectivity index (χ2v) is 4.19. The highest BCUT2D eigenvalue weighted by molar-refractivity contribution is 5.52. The first-order valence-corrected chi connectivity index (χ1v) is 5.79. The van der Waals surface area contributed by atoms with Crippen LogP contribution in [-0.2, 0) is 0 Å². The Hall–Kier alpha value is -2.57. The second kappa shape index (κ2) is 5.60. The number of hydrogen-bond acceptors (Lipinski definition) is 4. The van der Waals surface area contributed by atoms with Gasteiger partial charge in [-0.3, -0.25) is 15.1 Å². The van der Waals surface area contributed by atoms with Crippen LogP contribution in [0.5, 0.6) is 0 Å². The zero-order valence-electron chi connectivity index (χ0n) is 10.5. The summed E-state index contributed by atoms with van der Waals surface area (Å²) in [7, 11) is 0. The predicted octanol–water partition coefficient (Wildman–Crippen LogP) is 3.44. The minimum absolute atomic E-state index is 0.372. The van der Waals surface area contributed by atoms with E-state index in [4.69, 9.17) is 0 Å². The number of nitrogens with one attached hydrogen (secondary N) is 1. The number of nitro groups is 1. The number of nitro benzene ring substituents is 1. The van der Waals surface area contributed by atoms with Crippen molar-refractivity contribution in [3.8, 4) is 0 Å². The van der Waals surface area contributed by atoms with E-state index in [0.29, 0.717) is 12.1 Å². The molecule has 0 saturated carbocycles. The van der Waals surface area contributed by atoms with Gasteiger partial charge in [-0.25, -0.2) is 8.78 Å². The van der Waals surface area contributed by atoms with Crippen LogP contribution in [0.1, 0.15) is 18.5 Å². The van der Waals surface area contributed by atoms with Gasteiger partial charge in [0.25, 0.3) is 5.69 Å². The fraction of sp³-hybridized carbons (Fsp3) is 0.154. The van der Waals surface area contributed by atoms with E-state index in [1.807, 2.05) is 0 Å². The van der Waals surface area contributed by atoms with Crippen LogP contribution >= 0.6 is 0 Å². The van der Waals surface area contributed by atoms with E-state index in [0.717, 1.165) is 5.56 Å². The van der Waals surface area contributed by atoms with Gasteiger partial charge < -0.3 is 5.32 Å². The van der Waals surface area contributed by atoms with Crippen LogP contribution in [0, 0.1) is 21.7 Å². The fourth-order valence-electron chi connectivity index (χ4n) is 1.76. The first-order valence-electron chi connectivity index (χ1n) is 5.79. The summed E-state index contributed by atoms with van der Waals surface area (Å²) in [5, 5.41) is 13.2. The van der Waals surface area contributed by atoms with E-state index in [9.17, 15) is 18.9 Å². The third kappa shape index (κ3) is 2.87. The highest BCUT2D eigenvalue weighted by Crippen LogP contribution is 2.28. The summed E-state index contributed by atoms with van der Waals surface area (Å²) >= 11 is 0. The molecule has 0 aliphatic carbocycles. The molecule has 5 nitrogen and oxygen atoms in total. The van der Waals surface area contributed by atoms with Crippen LogP contribution in [0.2, 0.25) is 0 Å². The summed E-state index contributed by atoms with van der Waals surface area (Å²) in [6, 6.07) is 4.41. The van der Waals surface area contributed by atoms with Crippen molar-refractivity contribution in [3.05, 3.63) is 64.0 Å². The summed E-state index contributed by atoms with van der Waals surface area (Å²) in [5.74, 6) is -2.00. The molecule has 0 amide bonds. The van der Waals surface area contributed by atoms with Crippen molar-refractivity contribution in [2.45, 2.75) is 13.0 Å². The molecule has 20 heavy (non-hydrogen) atoms. The molecule has 2 rings (SSSR count). The molecule has 0 bridgehead atoms. The molecule has 1 aromatic carbocycles. The Morgan fingerprint density at radius 3 is 2.30 bits per heavy atom. The van der Waals surface area contributed by atoms with Gasteiger partial charge in [0.05, 0.1) is 17.1 Å². The lowest BCUT2D eigenvalue weighted by atomic mass is 10.1. The van der Waals surface area contributed by atoms with Gasteiger partial charge in [0.2, 0.25) is 0 Å². The van der Waals surface area contributed by atoms with Crippen molar-refractivity contribution in [3.63, 3.8) is 0 Å². The van der Waals surface area contributed by atoms with E-state index in [1.54, 1.807) is 31.5 Å². The zero-order valence-corrected chi connectivity index (χ0v) is 10.5. The Balaban J connectivity index is 2.28. The van der Waals surface area contributed by atoms with Crippen LogP contribution in [0.15, 0.2) is 36.7 Å². The van der Waals surface area contributed by atoms with Crippen LogP contribution in [0.4, 0.5) is 20.2 Å². The molecule has 1 aromatic heterocycles. The average molecular weight is 279 g/mol. The Kier molecular flexibility index (Phi) is 3.88. The molecule has 0 fully saturated rings. The number of rotatable bonds is 4. The molecule has 1 heterocycles. The van der Waals surface area contributed by atoms with Gasteiger partial charge in [0, 0.05) is 18.4 Å². The molecule has 1 atom stereocenters. The Morgan fingerprint density at radius 1 is 1.25 bits per heavy atom. The number of hydrogen-bond donors (Lipinski definition) is 1. The molecule has 0 spiro atoms. The molecule has 1 N–H and O–H groups in total. The molecular formula is C13H11F2N3O2. The van der Waals surface area contributed by atoms with Gasteiger partial charge in [0.15, 0.2) is 11.6 Å². The zero-order chi connectivity index (χ0) is 14.7. The SMILES string of the molecule is CC(Nc1c(F)cc([N+](=O)[O-])cc1F)c1ccncc1. The van der Waals surface area contributed by atoms with Crippen molar-refractivity contribution < 1.29 is 13.7 Å². The topological polar surface area (TPSA) is 68.1 Å². The van der Waals surface area contributed by atoms with Crippen molar-refractivity contribution in [1.29, 1.82) is 0 Å². The van der Waals surface area contributed by atoms with E-state index < -0.39 is 22.2 Å². The first kappa shape index (κ1) is 13.9. The lowest BCUT2D eigenvalue weighted by Gasteiger charge is -2.16.